The molecule has 4 nitrogen and oxygen atoms in total. The van der Waals surface area contributed by atoms with E-state index in [-0.39, 0.29) is 11.4 Å². The predicted molar refractivity (Wildman–Crippen MR) is 100 cm³/mol. The second-order valence-electron chi connectivity index (χ2n) is 6.44. The lowest BCUT2D eigenvalue weighted by Gasteiger charge is -2.13. The summed E-state index contributed by atoms with van der Waals surface area (Å²) in [5.41, 5.74) is 4.46. The van der Waals surface area contributed by atoms with Crippen LogP contribution in [0.15, 0.2) is 65.6 Å². The molecule has 130 valence electrons. The van der Waals surface area contributed by atoms with Crippen LogP contribution in [0.5, 0.6) is 0 Å². The summed E-state index contributed by atoms with van der Waals surface area (Å²) < 4.78 is 16.7. The Labute approximate surface area is 150 Å². The van der Waals surface area contributed by atoms with Crippen molar-refractivity contribution in [3.05, 3.63) is 93.7 Å². The van der Waals surface area contributed by atoms with E-state index in [1.54, 1.807) is 35.1 Å². The third kappa shape index (κ3) is 2.71. The first-order chi connectivity index (χ1) is 12.5. The fourth-order valence-electron chi connectivity index (χ4n) is 3.11. The number of fused-ring (bicyclic) bond motifs is 1. The zero-order valence-corrected chi connectivity index (χ0v) is 14.6. The number of rotatable bonds is 3. The van der Waals surface area contributed by atoms with Crippen molar-refractivity contribution in [2.45, 2.75) is 20.4 Å². The highest BCUT2D eigenvalue weighted by atomic mass is 19.1. The first kappa shape index (κ1) is 16.3. The average Bonchev–Trinajstić information content (AvgIpc) is 2.92. The quantitative estimate of drug-likeness (QED) is 0.562. The summed E-state index contributed by atoms with van der Waals surface area (Å²) in [7, 11) is 0. The van der Waals surface area contributed by atoms with Gasteiger partial charge in [-0.25, -0.2) is 14.1 Å². The molecule has 0 N–H and O–H groups in total. The van der Waals surface area contributed by atoms with Gasteiger partial charge in [-0.15, -0.1) is 0 Å². The van der Waals surface area contributed by atoms with Gasteiger partial charge in [0.05, 0.1) is 17.6 Å². The number of aromatic nitrogens is 3. The molecule has 0 spiro atoms. The molecule has 0 unspecified atom stereocenters. The van der Waals surface area contributed by atoms with E-state index < -0.39 is 0 Å². The maximum atomic E-state index is 13.2. The highest BCUT2D eigenvalue weighted by Gasteiger charge is 2.16. The molecule has 2 aromatic heterocycles. The zero-order chi connectivity index (χ0) is 18.3. The Balaban J connectivity index is 1.96. The van der Waals surface area contributed by atoms with Gasteiger partial charge in [0.1, 0.15) is 5.82 Å². The number of aryl methyl sites for hydroxylation is 2. The smallest absolute Gasteiger partial charge is 0.267 e. The number of pyridine rings is 1. The lowest BCUT2D eigenvalue weighted by molar-refractivity contribution is 0.601. The van der Waals surface area contributed by atoms with Crippen molar-refractivity contribution in [2.75, 3.05) is 0 Å². The van der Waals surface area contributed by atoms with E-state index in [9.17, 15) is 9.18 Å². The molecule has 0 atom stereocenters. The zero-order valence-electron chi connectivity index (χ0n) is 14.6. The Morgan fingerprint density at radius 3 is 2.50 bits per heavy atom. The molecule has 0 aliphatic carbocycles. The molecule has 2 aromatic carbocycles. The van der Waals surface area contributed by atoms with Crippen LogP contribution in [0.2, 0.25) is 0 Å². The van der Waals surface area contributed by atoms with Crippen molar-refractivity contribution in [2.24, 2.45) is 0 Å². The van der Waals surface area contributed by atoms with Crippen LogP contribution < -0.4 is 5.56 Å². The fraction of sp³-hybridized carbons (Fsp3) is 0.143. The molecule has 0 saturated heterocycles. The van der Waals surface area contributed by atoms with Gasteiger partial charge in [0.2, 0.25) is 0 Å². The van der Waals surface area contributed by atoms with Gasteiger partial charge in [-0.2, -0.15) is 0 Å². The van der Waals surface area contributed by atoms with E-state index in [1.807, 2.05) is 36.7 Å². The maximum absolute atomic E-state index is 13.2. The predicted octanol–water partition coefficient (Wildman–Crippen LogP) is 3.99. The van der Waals surface area contributed by atoms with E-state index in [0.717, 1.165) is 16.8 Å². The van der Waals surface area contributed by atoms with Gasteiger partial charge in [-0.05, 0) is 66.9 Å². The van der Waals surface area contributed by atoms with E-state index >= 15 is 0 Å². The van der Waals surface area contributed by atoms with E-state index in [2.05, 4.69) is 4.98 Å². The molecular formula is C21H18FN3O. The Bertz CT molecular complexity index is 1160. The molecule has 0 bridgehead atoms. The van der Waals surface area contributed by atoms with Gasteiger partial charge in [0, 0.05) is 6.20 Å². The molecule has 0 amide bonds. The molecule has 4 rings (SSSR count). The summed E-state index contributed by atoms with van der Waals surface area (Å²) in [6.07, 6.45) is 1.67. The van der Waals surface area contributed by atoms with Crippen LogP contribution in [-0.4, -0.2) is 14.3 Å². The minimum Gasteiger partial charge on any atom is -0.267 e. The number of halogens is 1. The second kappa shape index (κ2) is 6.26. The third-order valence-electron chi connectivity index (χ3n) is 4.68. The van der Waals surface area contributed by atoms with Crippen LogP contribution in [0.3, 0.4) is 0 Å². The minimum absolute atomic E-state index is 0.113. The highest BCUT2D eigenvalue weighted by Crippen LogP contribution is 2.18. The largest absolute Gasteiger partial charge is 0.280 e. The van der Waals surface area contributed by atoms with Crippen molar-refractivity contribution < 1.29 is 4.39 Å². The molecule has 5 heteroatoms. The molecule has 4 aromatic rings. The number of nitrogens with zero attached hydrogens (tertiary/aromatic N) is 3. The van der Waals surface area contributed by atoms with Crippen molar-refractivity contribution in [1.29, 1.82) is 0 Å². The molecule has 0 saturated carbocycles. The van der Waals surface area contributed by atoms with Gasteiger partial charge in [-0.3, -0.25) is 9.48 Å². The summed E-state index contributed by atoms with van der Waals surface area (Å²) in [5.74, 6) is -0.282. The lowest BCUT2D eigenvalue weighted by Crippen LogP contribution is -2.22. The Morgan fingerprint density at radius 2 is 1.77 bits per heavy atom. The van der Waals surface area contributed by atoms with Crippen LogP contribution in [0.1, 0.15) is 16.7 Å². The second-order valence-corrected chi connectivity index (χ2v) is 6.44. The topological polar surface area (TPSA) is 39.8 Å². The Hall–Kier alpha value is -3.21. The first-order valence-electron chi connectivity index (χ1n) is 8.43. The van der Waals surface area contributed by atoms with Crippen molar-refractivity contribution in [3.63, 3.8) is 0 Å². The summed E-state index contributed by atoms with van der Waals surface area (Å²) in [4.78, 5) is 17.4. The van der Waals surface area contributed by atoms with E-state index in [4.69, 9.17) is 0 Å². The van der Waals surface area contributed by atoms with Gasteiger partial charge in [0.15, 0.2) is 5.65 Å². The molecule has 2 heterocycles. The van der Waals surface area contributed by atoms with Crippen LogP contribution in [0, 0.1) is 19.7 Å². The lowest BCUT2D eigenvalue weighted by atomic mass is 10.1. The SMILES string of the molecule is Cc1ccc(-n2c(=O)c3cccnc3n2Cc2ccc(F)cc2)cc1C. The minimum atomic E-state index is -0.282. The molecular weight excluding hydrogens is 329 g/mol. The van der Waals surface area contributed by atoms with Gasteiger partial charge < -0.3 is 0 Å². The first-order valence-corrected chi connectivity index (χ1v) is 8.43. The van der Waals surface area contributed by atoms with Gasteiger partial charge in [-0.1, -0.05) is 18.2 Å². The number of benzene rings is 2. The summed E-state index contributed by atoms with van der Waals surface area (Å²) in [6, 6.07) is 15.8. The summed E-state index contributed by atoms with van der Waals surface area (Å²) >= 11 is 0. The van der Waals surface area contributed by atoms with Crippen molar-refractivity contribution >= 4 is 11.0 Å². The van der Waals surface area contributed by atoms with E-state index in [0.29, 0.717) is 17.6 Å². The number of hydrogen-bond donors (Lipinski definition) is 0. The monoisotopic (exact) mass is 347 g/mol. The van der Waals surface area contributed by atoms with Crippen LogP contribution >= 0.6 is 0 Å². The fourth-order valence-corrected chi connectivity index (χ4v) is 3.11. The van der Waals surface area contributed by atoms with Crippen LogP contribution in [0.4, 0.5) is 4.39 Å². The summed E-state index contributed by atoms with van der Waals surface area (Å²) in [6.45, 7) is 4.48. The van der Waals surface area contributed by atoms with Gasteiger partial charge in [0.25, 0.3) is 5.56 Å². The molecule has 0 aliphatic rings. The van der Waals surface area contributed by atoms with Crippen LogP contribution in [0.25, 0.3) is 16.7 Å². The normalized spacial score (nSPS) is 11.2. The molecule has 0 fully saturated rings. The van der Waals surface area contributed by atoms with Crippen molar-refractivity contribution in [1.82, 2.24) is 14.3 Å². The summed E-state index contributed by atoms with van der Waals surface area (Å²) in [5, 5.41) is 0.563. The number of hydrogen-bond acceptors (Lipinski definition) is 2. The maximum Gasteiger partial charge on any atom is 0.280 e. The Morgan fingerprint density at radius 1 is 1.00 bits per heavy atom. The van der Waals surface area contributed by atoms with Crippen LogP contribution in [-0.2, 0) is 6.54 Å². The third-order valence-corrected chi connectivity index (χ3v) is 4.68. The highest BCUT2D eigenvalue weighted by molar-refractivity contribution is 5.75. The molecule has 26 heavy (non-hydrogen) atoms. The standard InChI is InChI=1S/C21H18FN3O/c1-14-5-10-18(12-15(14)2)25-21(26)19-4-3-11-23-20(19)24(25)13-16-6-8-17(22)9-7-16/h3-12H,13H2,1-2H3. The average molecular weight is 347 g/mol. The van der Waals surface area contributed by atoms with Gasteiger partial charge >= 0.3 is 0 Å². The molecule has 0 radical (unpaired) electrons. The van der Waals surface area contributed by atoms with Crippen molar-refractivity contribution in [3.8, 4) is 5.69 Å². The molecule has 0 aliphatic heterocycles. The Kier molecular flexibility index (Phi) is 3.92. The van der Waals surface area contributed by atoms with E-state index in [1.165, 1.54) is 17.7 Å².